The van der Waals surface area contributed by atoms with Gasteiger partial charge in [-0.1, -0.05) is 18.2 Å². The molecule has 1 aromatic carbocycles. The SMILES string of the molecule is COC(=O)c1sccc1-c1ccc(C[NH+]2CCN(c3ccccc3)CC2)o1. The molecule has 1 aliphatic rings. The molecule has 3 heterocycles. The first-order valence-corrected chi connectivity index (χ1v) is 10.0. The van der Waals surface area contributed by atoms with Crippen LogP contribution in [0.3, 0.4) is 0 Å². The summed E-state index contributed by atoms with van der Waals surface area (Å²) < 4.78 is 10.9. The van der Waals surface area contributed by atoms with Crippen LogP contribution in [-0.4, -0.2) is 39.3 Å². The Morgan fingerprint density at radius 1 is 1.15 bits per heavy atom. The standard InChI is InChI=1S/C21H22N2O3S/c1-25-21(24)20-18(9-14-27-20)19-8-7-17(26-19)15-22-10-12-23(13-11-22)16-5-3-2-4-6-16/h2-9,14H,10-13,15H2,1H3/p+1. The van der Waals surface area contributed by atoms with Crippen LogP contribution >= 0.6 is 11.3 Å². The highest BCUT2D eigenvalue weighted by atomic mass is 32.1. The number of hydrogen-bond acceptors (Lipinski definition) is 5. The number of benzene rings is 1. The number of carbonyl (C=O) groups is 1. The highest BCUT2D eigenvalue weighted by molar-refractivity contribution is 7.12. The van der Waals surface area contributed by atoms with E-state index in [0.717, 1.165) is 49.8 Å². The van der Waals surface area contributed by atoms with Gasteiger partial charge in [0.1, 0.15) is 17.2 Å². The van der Waals surface area contributed by atoms with Gasteiger partial charge in [0.2, 0.25) is 0 Å². The molecule has 0 saturated carbocycles. The molecule has 4 rings (SSSR count). The zero-order chi connectivity index (χ0) is 18.6. The third-order valence-electron chi connectivity index (χ3n) is 4.98. The second-order valence-corrected chi connectivity index (χ2v) is 7.59. The molecule has 1 N–H and O–H groups in total. The Morgan fingerprint density at radius 2 is 1.93 bits per heavy atom. The number of nitrogens with one attached hydrogen (secondary N) is 1. The quantitative estimate of drug-likeness (QED) is 0.688. The van der Waals surface area contributed by atoms with Crippen molar-refractivity contribution in [1.82, 2.24) is 0 Å². The van der Waals surface area contributed by atoms with Gasteiger partial charge in [0.15, 0.2) is 5.76 Å². The van der Waals surface area contributed by atoms with Gasteiger partial charge in [0.05, 0.1) is 33.3 Å². The van der Waals surface area contributed by atoms with Crippen molar-refractivity contribution in [3.63, 3.8) is 0 Å². The molecule has 0 amide bonds. The summed E-state index contributed by atoms with van der Waals surface area (Å²) >= 11 is 1.37. The number of para-hydroxylation sites is 1. The lowest BCUT2D eigenvalue weighted by molar-refractivity contribution is -0.915. The van der Waals surface area contributed by atoms with Gasteiger partial charge < -0.3 is 19.0 Å². The van der Waals surface area contributed by atoms with Gasteiger partial charge >= 0.3 is 5.97 Å². The Bertz CT molecular complexity index is 895. The van der Waals surface area contributed by atoms with E-state index in [-0.39, 0.29) is 5.97 Å². The van der Waals surface area contributed by atoms with Crippen molar-refractivity contribution in [1.29, 1.82) is 0 Å². The Balaban J connectivity index is 1.38. The van der Waals surface area contributed by atoms with Gasteiger partial charge in [-0.05, 0) is 35.7 Å². The number of ether oxygens (including phenoxy) is 1. The number of piperazine rings is 1. The van der Waals surface area contributed by atoms with E-state index in [0.29, 0.717) is 4.88 Å². The number of thiophene rings is 1. The highest BCUT2D eigenvalue weighted by Crippen LogP contribution is 2.30. The topological polar surface area (TPSA) is 47.1 Å². The number of carbonyl (C=O) groups excluding carboxylic acids is 1. The van der Waals surface area contributed by atoms with E-state index in [9.17, 15) is 4.79 Å². The maximum atomic E-state index is 11.9. The number of quaternary nitrogens is 1. The average molecular weight is 383 g/mol. The molecular weight excluding hydrogens is 360 g/mol. The third-order valence-corrected chi connectivity index (χ3v) is 5.87. The fraction of sp³-hybridized carbons (Fsp3) is 0.286. The van der Waals surface area contributed by atoms with E-state index in [1.54, 1.807) is 0 Å². The second kappa shape index (κ2) is 7.98. The lowest BCUT2D eigenvalue weighted by Gasteiger charge is -2.33. The number of nitrogens with zero attached hydrogens (tertiary/aromatic N) is 1. The fourth-order valence-corrected chi connectivity index (χ4v) is 4.33. The number of methoxy groups -OCH3 is 1. The number of hydrogen-bond donors (Lipinski definition) is 1. The molecule has 27 heavy (non-hydrogen) atoms. The van der Waals surface area contributed by atoms with Crippen LogP contribution in [0.15, 0.2) is 58.3 Å². The summed E-state index contributed by atoms with van der Waals surface area (Å²) in [6.07, 6.45) is 0. The largest absolute Gasteiger partial charge is 0.465 e. The number of anilines is 1. The zero-order valence-electron chi connectivity index (χ0n) is 15.3. The predicted octanol–water partition coefficient (Wildman–Crippen LogP) is 2.70. The zero-order valence-corrected chi connectivity index (χ0v) is 16.1. The molecule has 0 atom stereocenters. The molecule has 0 spiro atoms. The Kier molecular flexibility index (Phi) is 5.27. The van der Waals surface area contributed by atoms with Gasteiger partial charge in [0, 0.05) is 11.3 Å². The molecule has 1 saturated heterocycles. The van der Waals surface area contributed by atoms with Crippen molar-refractivity contribution in [2.24, 2.45) is 0 Å². The van der Waals surface area contributed by atoms with Gasteiger partial charge in [-0.3, -0.25) is 0 Å². The summed E-state index contributed by atoms with van der Waals surface area (Å²) in [4.78, 5) is 16.4. The maximum absolute atomic E-state index is 11.9. The minimum Gasteiger partial charge on any atom is -0.465 e. The van der Waals surface area contributed by atoms with Crippen LogP contribution in [-0.2, 0) is 11.3 Å². The minimum absolute atomic E-state index is 0.319. The second-order valence-electron chi connectivity index (χ2n) is 6.67. The molecule has 140 valence electrons. The van der Waals surface area contributed by atoms with E-state index in [1.165, 1.54) is 29.0 Å². The van der Waals surface area contributed by atoms with Crippen LogP contribution in [0.2, 0.25) is 0 Å². The summed E-state index contributed by atoms with van der Waals surface area (Å²) in [7, 11) is 1.40. The molecule has 3 aromatic rings. The van der Waals surface area contributed by atoms with Crippen molar-refractivity contribution in [2.45, 2.75) is 6.54 Å². The Hall–Kier alpha value is -2.57. The van der Waals surface area contributed by atoms with Crippen molar-refractivity contribution >= 4 is 23.0 Å². The highest BCUT2D eigenvalue weighted by Gasteiger charge is 2.22. The van der Waals surface area contributed by atoms with Crippen molar-refractivity contribution in [2.75, 3.05) is 38.2 Å². The van der Waals surface area contributed by atoms with Gasteiger partial charge in [-0.15, -0.1) is 11.3 Å². The lowest BCUT2D eigenvalue weighted by Crippen LogP contribution is -3.13. The van der Waals surface area contributed by atoms with Crippen molar-refractivity contribution in [3.05, 3.63) is 64.5 Å². The van der Waals surface area contributed by atoms with E-state index in [4.69, 9.17) is 9.15 Å². The lowest BCUT2D eigenvalue weighted by atomic mass is 10.2. The van der Waals surface area contributed by atoms with E-state index >= 15 is 0 Å². The molecule has 2 aromatic heterocycles. The average Bonchev–Trinajstić information content (AvgIpc) is 3.38. The van der Waals surface area contributed by atoms with Crippen LogP contribution in [0, 0.1) is 0 Å². The smallest absolute Gasteiger partial charge is 0.348 e. The number of esters is 1. The third kappa shape index (κ3) is 3.91. The van der Waals surface area contributed by atoms with Gasteiger partial charge in [0.25, 0.3) is 0 Å². The summed E-state index contributed by atoms with van der Waals surface area (Å²) in [5, 5.41) is 1.89. The van der Waals surface area contributed by atoms with E-state index in [2.05, 4.69) is 35.2 Å². The summed E-state index contributed by atoms with van der Waals surface area (Å²) in [6.45, 7) is 5.11. The Labute approximate surface area is 162 Å². The summed E-state index contributed by atoms with van der Waals surface area (Å²) in [5.74, 6) is 1.37. The van der Waals surface area contributed by atoms with Crippen LogP contribution in [0.25, 0.3) is 11.3 Å². The van der Waals surface area contributed by atoms with Crippen LogP contribution < -0.4 is 9.80 Å². The maximum Gasteiger partial charge on any atom is 0.348 e. The number of furan rings is 1. The van der Waals surface area contributed by atoms with Gasteiger partial charge in [-0.2, -0.15) is 0 Å². The first kappa shape index (κ1) is 17.8. The molecular formula is C21H23N2O3S+. The van der Waals surface area contributed by atoms with Crippen LogP contribution in [0.4, 0.5) is 5.69 Å². The molecule has 5 nitrogen and oxygen atoms in total. The predicted molar refractivity (Wildman–Crippen MR) is 106 cm³/mol. The molecule has 1 aliphatic heterocycles. The molecule has 0 radical (unpaired) electrons. The van der Waals surface area contributed by atoms with E-state index < -0.39 is 0 Å². The fourth-order valence-electron chi connectivity index (χ4n) is 3.51. The summed E-state index contributed by atoms with van der Waals surface area (Å²) in [6, 6.07) is 16.4. The van der Waals surface area contributed by atoms with Crippen LogP contribution in [0.1, 0.15) is 15.4 Å². The minimum atomic E-state index is -0.319. The normalized spacial score (nSPS) is 15.1. The number of rotatable bonds is 5. The molecule has 1 fully saturated rings. The van der Waals surface area contributed by atoms with Crippen molar-refractivity contribution in [3.8, 4) is 11.3 Å². The van der Waals surface area contributed by atoms with E-state index in [1.807, 2.05) is 23.6 Å². The monoisotopic (exact) mass is 383 g/mol. The van der Waals surface area contributed by atoms with Gasteiger partial charge in [-0.25, -0.2) is 4.79 Å². The van der Waals surface area contributed by atoms with Crippen LogP contribution in [0.5, 0.6) is 0 Å². The Morgan fingerprint density at radius 3 is 2.67 bits per heavy atom. The molecule has 0 bridgehead atoms. The first-order chi connectivity index (χ1) is 13.2. The summed E-state index contributed by atoms with van der Waals surface area (Å²) in [5.41, 5.74) is 2.10. The molecule has 6 heteroatoms. The van der Waals surface area contributed by atoms with Crippen molar-refractivity contribution < 1.29 is 18.8 Å². The molecule has 0 aliphatic carbocycles. The molecule has 0 unspecified atom stereocenters. The first-order valence-electron chi connectivity index (χ1n) is 9.13.